The maximum atomic E-state index is 14.0. The van der Waals surface area contributed by atoms with Gasteiger partial charge in [-0.25, -0.2) is 9.37 Å². The van der Waals surface area contributed by atoms with E-state index in [-0.39, 0.29) is 5.82 Å². The Morgan fingerprint density at radius 1 is 1.29 bits per heavy atom. The number of benzene rings is 1. The Morgan fingerprint density at radius 3 is 2.67 bits per heavy atom. The van der Waals surface area contributed by atoms with E-state index in [2.05, 4.69) is 23.4 Å². The van der Waals surface area contributed by atoms with E-state index < -0.39 is 0 Å². The molecule has 0 saturated carbocycles. The number of halogens is 3. The first kappa shape index (κ1) is 17.0. The Kier molecular flexibility index (Phi) is 6.29. The molecule has 1 aromatic heterocycles. The van der Waals surface area contributed by atoms with E-state index in [4.69, 9.17) is 11.6 Å². The number of imidazole rings is 1. The first-order valence-corrected chi connectivity index (χ1v) is 9.15. The van der Waals surface area contributed by atoms with Crippen LogP contribution in [0.5, 0.6) is 0 Å². The second kappa shape index (κ2) is 7.77. The van der Waals surface area contributed by atoms with Gasteiger partial charge in [0.15, 0.2) is 0 Å². The summed E-state index contributed by atoms with van der Waals surface area (Å²) in [4.78, 5) is 4.60. The predicted molar refractivity (Wildman–Crippen MR) is 95.4 cm³/mol. The van der Waals surface area contributed by atoms with E-state index in [1.807, 2.05) is 22.6 Å². The van der Waals surface area contributed by atoms with Crippen LogP contribution >= 0.6 is 34.2 Å². The molecule has 2 aromatic rings. The van der Waals surface area contributed by atoms with Gasteiger partial charge in [-0.15, -0.1) is 11.6 Å². The fourth-order valence-corrected chi connectivity index (χ4v) is 3.46. The molecule has 1 aromatic carbocycles. The predicted octanol–water partition coefficient (Wildman–Crippen LogP) is 6.05. The average molecular weight is 423 g/mol. The average Bonchev–Trinajstić information content (AvgIpc) is 2.81. The molecule has 2 rings (SSSR count). The minimum absolute atomic E-state index is 0.184. The zero-order chi connectivity index (χ0) is 15.4. The van der Waals surface area contributed by atoms with Crippen molar-refractivity contribution in [2.75, 3.05) is 0 Å². The molecule has 21 heavy (non-hydrogen) atoms. The monoisotopic (exact) mass is 422 g/mol. The zero-order valence-corrected chi connectivity index (χ0v) is 15.4. The summed E-state index contributed by atoms with van der Waals surface area (Å²) in [6.45, 7) is 4.38. The molecular weight excluding hydrogens is 402 g/mol. The van der Waals surface area contributed by atoms with E-state index >= 15 is 0 Å². The van der Waals surface area contributed by atoms with Gasteiger partial charge in [0.25, 0.3) is 0 Å². The van der Waals surface area contributed by atoms with Gasteiger partial charge in [0.1, 0.15) is 11.6 Å². The molecule has 1 unspecified atom stereocenters. The van der Waals surface area contributed by atoms with Crippen LogP contribution in [-0.2, 0) is 5.88 Å². The number of hydrogen-bond donors (Lipinski definition) is 0. The van der Waals surface area contributed by atoms with Crippen molar-refractivity contribution in [1.82, 2.24) is 9.55 Å². The summed E-state index contributed by atoms with van der Waals surface area (Å²) in [5, 5.41) is 0. The van der Waals surface area contributed by atoms with Gasteiger partial charge in [0.2, 0.25) is 0 Å². The van der Waals surface area contributed by atoms with Crippen LogP contribution in [-0.4, -0.2) is 9.55 Å². The molecule has 1 heterocycles. The van der Waals surface area contributed by atoms with Crippen molar-refractivity contribution >= 4 is 45.2 Å². The molecule has 0 aliphatic rings. The highest BCUT2D eigenvalue weighted by Crippen LogP contribution is 2.30. The van der Waals surface area contributed by atoms with Gasteiger partial charge in [-0.1, -0.05) is 33.1 Å². The minimum atomic E-state index is -0.184. The number of unbranched alkanes of at least 4 members (excludes halogenated alkanes) is 1. The fraction of sp³-hybridized carbons (Fsp3) is 0.562. The van der Waals surface area contributed by atoms with Crippen LogP contribution in [0.25, 0.3) is 11.0 Å². The van der Waals surface area contributed by atoms with E-state index in [9.17, 15) is 4.39 Å². The summed E-state index contributed by atoms with van der Waals surface area (Å²) in [5.74, 6) is 1.03. The first-order chi connectivity index (χ1) is 10.1. The zero-order valence-electron chi connectivity index (χ0n) is 12.5. The molecule has 0 spiro atoms. The van der Waals surface area contributed by atoms with Crippen molar-refractivity contribution in [3.8, 4) is 0 Å². The van der Waals surface area contributed by atoms with Gasteiger partial charge in [-0.3, -0.25) is 0 Å². The summed E-state index contributed by atoms with van der Waals surface area (Å²) >= 11 is 8.09. The standard InChI is InChI=1S/C16H21ClFIN2/c1-3-5-7-11(6-4-2)21-15-8-12(18)13(19)9-14(15)20-16(21)10-17/h8-9,11H,3-7,10H2,1-2H3. The van der Waals surface area contributed by atoms with Crippen molar-refractivity contribution in [2.24, 2.45) is 0 Å². The summed E-state index contributed by atoms with van der Waals surface area (Å²) in [7, 11) is 0. The third kappa shape index (κ3) is 3.70. The Bertz CT molecular complexity index is 612. The van der Waals surface area contributed by atoms with Crippen LogP contribution in [0.2, 0.25) is 0 Å². The number of fused-ring (bicyclic) bond motifs is 1. The van der Waals surface area contributed by atoms with Crippen molar-refractivity contribution in [3.63, 3.8) is 0 Å². The van der Waals surface area contributed by atoms with Crippen LogP contribution in [0.15, 0.2) is 12.1 Å². The maximum absolute atomic E-state index is 14.0. The lowest BCUT2D eigenvalue weighted by Gasteiger charge is -2.21. The number of aromatic nitrogens is 2. The third-order valence-electron chi connectivity index (χ3n) is 3.80. The number of rotatable bonds is 7. The topological polar surface area (TPSA) is 17.8 Å². The van der Waals surface area contributed by atoms with Crippen molar-refractivity contribution < 1.29 is 4.39 Å². The van der Waals surface area contributed by atoms with E-state index in [0.29, 0.717) is 15.5 Å². The van der Waals surface area contributed by atoms with Crippen molar-refractivity contribution in [3.05, 3.63) is 27.3 Å². The molecule has 5 heteroatoms. The molecular formula is C16H21ClFIN2. The van der Waals surface area contributed by atoms with Gasteiger partial charge in [0.05, 0.1) is 20.5 Å². The SMILES string of the molecule is CCCCC(CCC)n1c(CCl)nc2cc(I)c(F)cc21. The van der Waals surface area contributed by atoms with Gasteiger partial charge >= 0.3 is 0 Å². The molecule has 2 nitrogen and oxygen atoms in total. The Balaban J connectivity index is 2.54. The Labute approximate surface area is 144 Å². The van der Waals surface area contributed by atoms with Gasteiger partial charge in [0, 0.05) is 12.1 Å². The first-order valence-electron chi connectivity index (χ1n) is 7.54. The second-order valence-corrected chi connectivity index (χ2v) is 6.80. The van der Waals surface area contributed by atoms with Crippen LogP contribution in [0.4, 0.5) is 4.39 Å². The van der Waals surface area contributed by atoms with Gasteiger partial charge < -0.3 is 4.57 Å². The number of nitrogens with zero attached hydrogens (tertiary/aromatic N) is 2. The normalized spacial score (nSPS) is 13.0. The maximum Gasteiger partial charge on any atom is 0.138 e. The third-order valence-corrected chi connectivity index (χ3v) is 4.87. The fourth-order valence-electron chi connectivity index (χ4n) is 2.82. The number of hydrogen-bond acceptors (Lipinski definition) is 1. The van der Waals surface area contributed by atoms with E-state index in [0.717, 1.165) is 42.5 Å². The molecule has 116 valence electrons. The molecule has 0 radical (unpaired) electrons. The summed E-state index contributed by atoms with van der Waals surface area (Å²) in [6.07, 6.45) is 5.59. The minimum Gasteiger partial charge on any atom is -0.324 e. The summed E-state index contributed by atoms with van der Waals surface area (Å²) < 4.78 is 16.7. The molecule has 1 atom stereocenters. The Morgan fingerprint density at radius 2 is 2.05 bits per heavy atom. The van der Waals surface area contributed by atoms with Crippen LogP contribution in [0, 0.1) is 9.39 Å². The largest absolute Gasteiger partial charge is 0.324 e. The van der Waals surface area contributed by atoms with E-state index in [1.165, 1.54) is 6.42 Å². The van der Waals surface area contributed by atoms with Crippen LogP contribution in [0.1, 0.15) is 57.8 Å². The summed E-state index contributed by atoms with van der Waals surface area (Å²) in [5.41, 5.74) is 1.71. The molecule has 0 saturated heterocycles. The highest BCUT2D eigenvalue weighted by atomic mass is 127. The lowest BCUT2D eigenvalue weighted by molar-refractivity contribution is 0.418. The lowest BCUT2D eigenvalue weighted by Crippen LogP contribution is -2.12. The van der Waals surface area contributed by atoms with Crippen molar-refractivity contribution in [1.29, 1.82) is 0 Å². The Hall–Kier alpha value is -0.360. The highest BCUT2D eigenvalue weighted by molar-refractivity contribution is 14.1. The second-order valence-electron chi connectivity index (χ2n) is 5.37. The molecule has 0 bridgehead atoms. The molecule has 0 aliphatic heterocycles. The van der Waals surface area contributed by atoms with E-state index in [1.54, 1.807) is 12.1 Å². The molecule has 0 aliphatic carbocycles. The summed E-state index contributed by atoms with van der Waals surface area (Å²) in [6, 6.07) is 3.77. The van der Waals surface area contributed by atoms with Gasteiger partial charge in [-0.05, 0) is 41.5 Å². The van der Waals surface area contributed by atoms with Crippen LogP contribution < -0.4 is 0 Å². The number of alkyl halides is 1. The van der Waals surface area contributed by atoms with Crippen molar-refractivity contribution in [2.45, 2.75) is 57.9 Å². The highest BCUT2D eigenvalue weighted by Gasteiger charge is 2.19. The smallest absolute Gasteiger partial charge is 0.138 e. The molecule has 0 fully saturated rings. The lowest BCUT2D eigenvalue weighted by atomic mass is 10.0. The van der Waals surface area contributed by atoms with Crippen LogP contribution in [0.3, 0.4) is 0 Å². The molecule has 0 amide bonds. The quantitative estimate of drug-likeness (QED) is 0.392. The van der Waals surface area contributed by atoms with Gasteiger partial charge in [-0.2, -0.15) is 0 Å². The molecule has 0 N–H and O–H groups in total.